The molecule has 0 aromatic rings. The zero-order chi connectivity index (χ0) is 14.3. The molecule has 0 bridgehead atoms. The number of allylic oxidation sites excluding steroid dienone is 1. The topological polar surface area (TPSA) is 49.3 Å². The molecule has 0 aromatic heterocycles. The highest BCUT2D eigenvalue weighted by Gasteiger charge is 2.21. The Balaban J connectivity index is 4.31. The second-order valence-electron chi connectivity index (χ2n) is 5.59. The van der Waals surface area contributed by atoms with Crippen LogP contribution in [-0.4, -0.2) is 17.6 Å². The average Bonchev–Trinajstić information content (AvgIpc) is 2.23. The zero-order valence-corrected chi connectivity index (χ0v) is 12.1. The van der Waals surface area contributed by atoms with E-state index < -0.39 is 5.97 Å². The molecule has 0 rings (SSSR count). The van der Waals surface area contributed by atoms with Crippen molar-refractivity contribution in [1.29, 1.82) is 0 Å². The number of carbonyl (C=O) groups is 1. The molecular weight excluding hydrogens is 226 g/mol. The van der Waals surface area contributed by atoms with Crippen LogP contribution in [0.15, 0.2) is 24.4 Å². The molecule has 0 spiro atoms. The molecule has 0 aromatic carbocycles. The number of aliphatic carboxylic acids is 1. The molecule has 0 aliphatic rings. The van der Waals surface area contributed by atoms with E-state index in [0.29, 0.717) is 18.8 Å². The van der Waals surface area contributed by atoms with Gasteiger partial charge >= 0.3 is 5.97 Å². The van der Waals surface area contributed by atoms with Crippen LogP contribution in [0, 0.1) is 17.8 Å². The van der Waals surface area contributed by atoms with Crippen LogP contribution >= 0.6 is 0 Å². The Bertz CT molecular complexity index is 308. The first-order valence-electron chi connectivity index (χ1n) is 6.53. The molecule has 104 valence electrons. The van der Waals surface area contributed by atoms with Gasteiger partial charge < -0.3 is 10.4 Å². The van der Waals surface area contributed by atoms with Gasteiger partial charge in [0.2, 0.25) is 0 Å². The van der Waals surface area contributed by atoms with Gasteiger partial charge in [-0.05, 0) is 31.6 Å². The van der Waals surface area contributed by atoms with Gasteiger partial charge in [-0.3, -0.25) is 4.79 Å². The fourth-order valence-electron chi connectivity index (χ4n) is 1.83. The second-order valence-corrected chi connectivity index (χ2v) is 5.59. The fraction of sp³-hybridized carbons (Fsp3) is 0.667. The Morgan fingerprint density at radius 1 is 1.28 bits per heavy atom. The van der Waals surface area contributed by atoms with Crippen molar-refractivity contribution in [3.05, 3.63) is 24.4 Å². The summed E-state index contributed by atoms with van der Waals surface area (Å²) in [4.78, 5) is 11.2. The quantitative estimate of drug-likeness (QED) is 0.619. The molecule has 2 atom stereocenters. The van der Waals surface area contributed by atoms with Crippen LogP contribution in [0.4, 0.5) is 0 Å². The highest BCUT2D eigenvalue weighted by atomic mass is 16.4. The first-order chi connectivity index (χ1) is 8.23. The summed E-state index contributed by atoms with van der Waals surface area (Å²) in [7, 11) is 0. The predicted molar refractivity (Wildman–Crippen MR) is 76.3 cm³/mol. The average molecular weight is 253 g/mol. The summed E-state index contributed by atoms with van der Waals surface area (Å²) >= 11 is 0. The summed E-state index contributed by atoms with van der Waals surface area (Å²) in [6.07, 6.45) is 1.27. The second kappa shape index (κ2) is 7.96. The maximum absolute atomic E-state index is 11.2. The van der Waals surface area contributed by atoms with Crippen LogP contribution in [0.25, 0.3) is 0 Å². The van der Waals surface area contributed by atoms with Gasteiger partial charge in [0.25, 0.3) is 0 Å². The normalized spacial score (nSPS) is 14.1. The minimum absolute atomic E-state index is 0.260. The van der Waals surface area contributed by atoms with Crippen LogP contribution in [0.3, 0.4) is 0 Å². The Hall–Kier alpha value is -1.25. The number of carboxylic acid groups (broad SMARTS) is 1. The van der Waals surface area contributed by atoms with E-state index in [-0.39, 0.29) is 11.8 Å². The molecule has 0 saturated heterocycles. The van der Waals surface area contributed by atoms with Gasteiger partial charge in [-0.15, -0.1) is 0 Å². The van der Waals surface area contributed by atoms with E-state index in [0.717, 1.165) is 17.8 Å². The number of hydrogen-bond acceptors (Lipinski definition) is 2. The van der Waals surface area contributed by atoms with Gasteiger partial charge in [0.05, 0.1) is 5.92 Å². The van der Waals surface area contributed by atoms with Crippen molar-refractivity contribution in [2.24, 2.45) is 17.8 Å². The lowest BCUT2D eigenvalue weighted by Gasteiger charge is -2.20. The molecule has 0 aliphatic heterocycles. The summed E-state index contributed by atoms with van der Waals surface area (Å²) in [6, 6.07) is 0. The van der Waals surface area contributed by atoms with Crippen molar-refractivity contribution in [3.8, 4) is 0 Å². The molecule has 3 nitrogen and oxygen atoms in total. The van der Waals surface area contributed by atoms with Crippen molar-refractivity contribution in [2.45, 2.75) is 40.5 Å². The van der Waals surface area contributed by atoms with E-state index >= 15 is 0 Å². The van der Waals surface area contributed by atoms with Gasteiger partial charge in [-0.25, -0.2) is 0 Å². The third-order valence-electron chi connectivity index (χ3n) is 3.02. The van der Waals surface area contributed by atoms with Crippen molar-refractivity contribution in [3.63, 3.8) is 0 Å². The summed E-state index contributed by atoms with van der Waals surface area (Å²) in [5, 5.41) is 12.4. The van der Waals surface area contributed by atoms with Gasteiger partial charge in [0, 0.05) is 12.2 Å². The molecule has 18 heavy (non-hydrogen) atoms. The van der Waals surface area contributed by atoms with Crippen molar-refractivity contribution < 1.29 is 9.90 Å². The van der Waals surface area contributed by atoms with Crippen molar-refractivity contribution in [2.75, 3.05) is 6.54 Å². The minimum Gasteiger partial charge on any atom is -0.481 e. The number of hydrogen-bond donors (Lipinski definition) is 2. The van der Waals surface area contributed by atoms with E-state index in [2.05, 4.69) is 25.4 Å². The monoisotopic (exact) mass is 253 g/mol. The number of carboxylic acids is 1. The molecule has 0 saturated carbocycles. The fourth-order valence-corrected chi connectivity index (χ4v) is 1.83. The summed E-state index contributed by atoms with van der Waals surface area (Å²) in [5.74, 6) is -0.381. The van der Waals surface area contributed by atoms with Crippen molar-refractivity contribution >= 4 is 5.97 Å². The molecular formula is C15H27NO2. The van der Waals surface area contributed by atoms with Crippen molar-refractivity contribution in [1.82, 2.24) is 5.32 Å². The lowest BCUT2D eigenvalue weighted by atomic mass is 9.87. The molecule has 0 amide bonds. The maximum atomic E-state index is 11.2. The lowest BCUT2D eigenvalue weighted by Crippen LogP contribution is -2.23. The summed E-state index contributed by atoms with van der Waals surface area (Å²) in [6.45, 7) is 16.6. The smallest absolute Gasteiger partial charge is 0.306 e. The van der Waals surface area contributed by atoms with Gasteiger partial charge in [0.1, 0.15) is 0 Å². The van der Waals surface area contributed by atoms with E-state index in [1.807, 2.05) is 20.8 Å². The summed E-state index contributed by atoms with van der Waals surface area (Å²) < 4.78 is 0. The molecule has 0 aliphatic carbocycles. The molecule has 0 radical (unpaired) electrons. The Morgan fingerprint density at radius 3 is 2.22 bits per heavy atom. The van der Waals surface area contributed by atoms with E-state index in [9.17, 15) is 9.90 Å². The van der Waals surface area contributed by atoms with Crippen LogP contribution in [0.5, 0.6) is 0 Å². The Kier molecular flexibility index (Phi) is 7.41. The molecule has 0 heterocycles. The first kappa shape index (κ1) is 16.8. The van der Waals surface area contributed by atoms with E-state index in [4.69, 9.17) is 0 Å². The van der Waals surface area contributed by atoms with Crippen LogP contribution in [-0.2, 0) is 4.79 Å². The van der Waals surface area contributed by atoms with E-state index in [1.165, 1.54) is 0 Å². The lowest BCUT2D eigenvalue weighted by molar-refractivity contribution is -0.142. The largest absolute Gasteiger partial charge is 0.481 e. The first-order valence-corrected chi connectivity index (χ1v) is 6.53. The molecule has 2 N–H and O–H groups in total. The predicted octanol–water partition coefficient (Wildman–Crippen LogP) is 3.44. The molecule has 0 fully saturated rings. The molecule has 2 unspecified atom stereocenters. The van der Waals surface area contributed by atoms with E-state index in [1.54, 1.807) is 0 Å². The SMILES string of the molecule is C=C(C)NCC(C)C(=C)CC(CC(C)C)C(=O)O. The van der Waals surface area contributed by atoms with Gasteiger partial charge in [-0.2, -0.15) is 0 Å². The highest BCUT2D eigenvalue weighted by molar-refractivity contribution is 5.70. The maximum Gasteiger partial charge on any atom is 0.306 e. The third-order valence-corrected chi connectivity index (χ3v) is 3.02. The Labute approximate surface area is 111 Å². The van der Waals surface area contributed by atoms with Crippen LogP contribution in [0.2, 0.25) is 0 Å². The standard InChI is InChI=1S/C15H27NO2/c1-10(2)7-14(15(17)18)8-12(5)13(6)9-16-11(3)4/h10,13-14,16H,3,5,7-9H2,1-2,4,6H3,(H,17,18). The molecule has 3 heteroatoms. The number of nitrogens with one attached hydrogen (secondary N) is 1. The third kappa shape index (κ3) is 7.15. The van der Waals surface area contributed by atoms with Gasteiger partial charge in [-0.1, -0.05) is 39.5 Å². The zero-order valence-electron chi connectivity index (χ0n) is 12.1. The minimum atomic E-state index is -0.718. The Morgan fingerprint density at radius 2 is 1.83 bits per heavy atom. The number of rotatable bonds is 9. The van der Waals surface area contributed by atoms with Crippen LogP contribution < -0.4 is 5.32 Å². The summed E-state index contributed by atoms with van der Waals surface area (Å²) in [5.41, 5.74) is 1.92. The highest BCUT2D eigenvalue weighted by Crippen LogP contribution is 2.23. The van der Waals surface area contributed by atoms with Gasteiger partial charge in [0.15, 0.2) is 0 Å². The van der Waals surface area contributed by atoms with Crippen LogP contribution in [0.1, 0.15) is 40.5 Å².